The van der Waals surface area contributed by atoms with Crippen LogP contribution in [-0.4, -0.2) is 0 Å². The van der Waals surface area contributed by atoms with E-state index in [4.69, 9.17) is 0 Å². The molecular formula is C14H19F3. The summed E-state index contributed by atoms with van der Waals surface area (Å²) in [7, 11) is 0. The molecule has 0 saturated carbocycles. The van der Waals surface area contributed by atoms with Gasteiger partial charge in [0.2, 0.25) is 0 Å². The fourth-order valence-corrected chi connectivity index (χ4v) is 1.89. The zero-order valence-electron chi connectivity index (χ0n) is 10.4. The Labute approximate surface area is 101 Å². The SMILES string of the molecule is CCCCCCc1ccc(C(F)(F)F)cc1C. The van der Waals surface area contributed by atoms with Crippen LogP contribution in [-0.2, 0) is 12.6 Å². The Bertz CT molecular complexity index is 353. The summed E-state index contributed by atoms with van der Waals surface area (Å²) >= 11 is 0. The Morgan fingerprint density at radius 1 is 1.06 bits per heavy atom. The third kappa shape index (κ3) is 4.41. The van der Waals surface area contributed by atoms with E-state index in [0.29, 0.717) is 0 Å². The van der Waals surface area contributed by atoms with Crippen molar-refractivity contribution >= 4 is 0 Å². The van der Waals surface area contributed by atoms with Crippen molar-refractivity contribution in [3.8, 4) is 0 Å². The molecule has 0 heterocycles. The molecule has 1 aromatic carbocycles. The number of alkyl halides is 3. The lowest BCUT2D eigenvalue weighted by molar-refractivity contribution is -0.137. The van der Waals surface area contributed by atoms with E-state index in [-0.39, 0.29) is 0 Å². The average molecular weight is 244 g/mol. The van der Waals surface area contributed by atoms with Crippen LogP contribution in [0.2, 0.25) is 0 Å². The number of halogens is 3. The van der Waals surface area contributed by atoms with E-state index in [9.17, 15) is 13.2 Å². The first kappa shape index (κ1) is 14.1. The largest absolute Gasteiger partial charge is 0.416 e. The number of benzene rings is 1. The number of hydrogen-bond donors (Lipinski definition) is 0. The monoisotopic (exact) mass is 244 g/mol. The molecule has 17 heavy (non-hydrogen) atoms. The molecule has 0 unspecified atom stereocenters. The van der Waals surface area contributed by atoms with Crippen molar-refractivity contribution in [3.05, 3.63) is 34.9 Å². The van der Waals surface area contributed by atoms with Crippen molar-refractivity contribution < 1.29 is 13.2 Å². The second-order valence-electron chi connectivity index (χ2n) is 4.45. The third-order valence-electron chi connectivity index (χ3n) is 2.97. The van der Waals surface area contributed by atoms with Crippen molar-refractivity contribution in [2.24, 2.45) is 0 Å². The Hall–Kier alpha value is -0.990. The lowest BCUT2D eigenvalue weighted by Gasteiger charge is -2.11. The second kappa shape index (κ2) is 6.08. The van der Waals surface area contributed by atoms with Gasteiger partial charge in [-0.25, -0.2) is 0 Å². The van der Waals surface area contributed by atoms with E-state index < -0.39 is 11.7 Å². The predicted octanol–water partition coefficient (Wildman–Crippen LogP) is 5.14. The molecule has 0 N–H and O–H groups in total. The van der Waals surface area contributed by atoms with Gasteiger partial charge in [0.05, 0.1) is 5.56 Å². The molecular weight excluding hydrogens is 225 g/mol. The number of aryl methyl sites for hydroxylation is 2. The minimum absolute atomic E-state index is 0.549. The third-order valence-corrected chi connectivity index (χ3v) is 2.97. The molecule has 0 fully saturated rings. The molecule has 0 spiro atoms. The molecule has 0 aliphatic heterocycles. The zero-order chi connectivity index (χ0) is 12.9. The van der Waals surface area contributed by atoms with Crippen LogP contribution in [0.1, 0.15) is 49.3 Å². The smallest absolute Gasteiger partial charge is 0.166 e. The topological polar surface area (TPSA) is 0 Å². The Kier molecular flexibility index (Phi) is 5.03. The summed E-state index contributed by atoms with van der Waals surface area (Å²) in [5.41, 5.74) is 1.23. The first-order valence-corrected chi connectivity index (χ1v) is 6.12. The minimum Gasteiger partial charge on any atom is -0.166 e. The van der Waals surface area contributed by atoms with E-state index in [0.717, 1.165) is 30.4 Å². The maximum absolute atomic E-state index is 12.5. The molecule has 0 amide bonds. The molecule has 0 aliphatic carbocycles. The summed E-state index contributed by atoms with van der Waals surface area (Å²) in [4.78, 5) is 0. The molecule has 0 nitrogen and oxygen atoms in total. The molecule has 0 aliphatic rings. The summed E-state index contributed by atoms with van der Waals surface area (Å²) < 4.78 is 37.4. The lowest BCUT2D eigenvalue weighted by atomic mass is 9.99. The molecule has 0 saturated heterocycles. The van der Waals surface area contributed by atoms with E-state index in [1.807, 2.05) is 0 Å². The summed E-state index contributed by atoms with van der Waals surface area (Å²) in [5, 5.41) is 0. The normalized spacial score (nSPS) is 11.8. The Morgan fingerprint density at radius 2 is 1.76 bits per heavy atom. The van der Waals surface area contributed by atoms with Gasteiger partial charge in [-0.05, 0) is 43.0 Å². The highest BCUT2D eigenvalue weighted by atomic mass is 19.4. The molecule has 0 atom stereocenters. The highest BCUT2D eigenvalue weighted by Gasteiger charge is 2.30. The highest BCUT2D eigenvalue weighted by molar-refractivity contribution is 5.32. The fraction of sp³-hybridized carbons (Fsp3) is 0.571. The van der Waals surface area contributed by atoms with Crippen LogP contribution in [0.3, 0.4) is 0 Å². The summed E-state index contributed by atoms with van der Waals surface area (Å²) in [5.74, 6) is 0. The van der Waals surface area contributed by atoms with Crippen LogP contribution < -0.4 is 0 Å². The van der Waals surface area contributed by atoms with Gasteiger partial charge < -0.3 is 0 Å². The van der Waals surface area contributed by atoms with E-state index in [1.54, 1.807) is 13.0 Å². The van der Waals surface area contributed by atoms with Crippen LogP contribution in [0.15, 0.2) is 18.2 Å². The summed E-state index contributed by atoms with van der Waals surface area (Å²) in [6.07, 6.45) is 1.22. The van der Waals surface area contributed by atoms with Gasteiger partial charge in [-0.1, -0.05) is 32.3 Å². The maximum atomic E-state index is 12.5. The molecule has 0 radical (unpaired) electrons. The molecule has 96 valence electrons. The van der Waals surface area contributed by atoms with Crippen molar-refractivity contribution in [1.82, 2.24) is 0 Å². The summed E-state index contributed by atoms with van der Waals surface area (Å²) in [6.45, 7) is 3.90. The second-order valence-corrected chi connectivity index (χ2v) is 4.45. The van der Waals surface area contributed by atoms with Gasteiger partial charge in [0.15, 0.2) is 0 Å². The number of hydrogen-bond acceptors (Lipinski definition) is 0. The van der Waals surface area contributed by atoms with Crippen molar-refractivity contribution in [1.29, 1.82) is 0 Å². The van der Waals surface area contributed by atoms with E-state index in [1.165, 1.54) is 25.0 Å². The van der Waals surface area contributed by atoms with Crippen LogP contribution in [0, 0.1) is 6.92 Å². The van der Waals surface area contributed by atoms with Gasteiger partial charge in [-0.15, -0.1) is 0 Å². The molecule has 0 bridgehead atoms. The van der Waals surface area contributed by atoms with Gasteiger partial charge >= 0.3 is 6.18 Å². The van der Waals surface area contributed by atoms with Gasteiger partial charge in [0.1, 0.15) is 0 Å². The quantitative estimate of drug-likeness (QED) is 0.629. The zero-order valence-corrected chi connectivity index (χ0v) is 10.4. The summed E-state index contributed by atoms with van der Waals surface area (Å²) in [6, 6.07) is 4.04. The van der Waals surface area contributed by atoms with Gasteiger partial charge in [-0.2, -0.15) is 13.2 Å². The Morgan fingerprint density at radius 3 is 2.29 bits per heavy atom. The van der Waals surface area contributed by atoms with Crippen LogP contribution in [0.25, 0.3) is 0 Å². The van der Waals surface area contributed by atoms with E-state index in [2.05, 4.69) is 6.92 Å². The van der Waals surface area contributed by atoms with Gasteiger partial charge in [0.25, 0.3) is 0 Å². The van der Waals surface area contributed by atoms with Gasteiger partial charge in [-0.3, -0.25) is 0 Å². The predicted molar refractivity (Wildman–Crippen MR) is 64.0 cm³/mol. The Balaban J connectivity index is 2.64. The lowest BCUT2D eigenvalue weighted by Crippen LogP contribution is -2.05. The van der Waals surface area contributed by atoms with Crippen LogP contribution in [0.4, 0.5) is 13.2 Å². The molecule has 3 heteroatoms. The fourth-order valence-electron chi connectivity index (χ4n) is 1.89. The van der Waals surface area contributed by atoms with Crippen molar-refractivity contribution in [3.63, 3.8) is 0 Å². The molecule has 1 aromatic rings. The first-order valence-electron chi connectivity index (χ1n) is 6.12. The van der Waals surface area contributed by atoms with Crippen molar-refractivity contribution in [2.45, 2.75) is 52.1 Å². The minimum atomic E-state index is -4.23. The van der Waals surface area contributed by atoms with Crippen LogP contribution in [0.5, 0.6) is 0 Å². The van der Waals surface area contributed by atoms with E-state index >= 15 is 0 Å². The number of rotatable bonds is 5. The number of unbranched alkanes of at least 4 members (excludes halogenated alkanes) is 3. The van der Waals surface area contributed by atoms with Gasteiger partial charge in [0, 0.05) is 0 Å². The van der Waals surface area contributed by atoms with Crippen molar-refractivity contribution in [2.75, 3.05) is 0 Å². The standard InChI is InChI=1S/C14H19F3/c1-3-4-5-6-7-12-8-9-13(10-11(12)2)14(15,16)17/h8-10H,3-7H2,1-2H3. The highest BCUT2D eigenvalue weighted by Crippen LogP contribution is 2.30. The molecule has 1 rings (SSSR count). The maximum Gasteiger partial charge on any atom is 0.416 e. The molecule has 0 aromatic heterocycles. The average Bonchev–Trinajstić information content (AvgIpc) is 2.24. The first-order chi connectivity index (χ1) is 7.95. The van der Waals surface area contributed by atoms with Crippen LogP contribution >= 0.6 is 0 Å².